The van der Waals surface area contributed by atoms with Gasteiger partial charge in [0.2, 0.25) is 5.91 Å². The molecule has 0 aliphatic carbocycles. The van der Waals surface area contributed by atoms with Crippen LogP contribution in [0.5, 0.6) is 11.5 Å². The molecule has 0 saturated heterocycles. The van der Waals surface area contributed by atoms with Crippen molar-refractivity contribution in [1.29, 1.82) is 0 Å². The number of aromatic nitrogens is 1. The number of benzene rings is 1. The summed E-state index contributed by atoms with van der Waals surface area (Å²) in [7, 11) is 3.18. The molecule has 2 aromatic rings. The van der Waals surface area contributed by atoms with Crippen molar-refractivity contribution in [2.75, 3.05) is 19.5 Å². The highest BCUT2D eigenvalue weighted by atomic mass is 79.9. The summed E-state index contributed by atoms with van der Waals surface area (Å²) in [4.78, 5) is 16.0. The molecule has 6 heteroatoms. The number of rotatable bonds is 6. The highest BCUT2D eigenvalue weighted by molar-refractivity contribution is 9.10. The molecule has 0 radical (unpaired) electrons. The van der Waals surface area contributed by atoms with Crippen molar-refractivity contribution in [3.05, 3.63) is 46.6 Å². The van der Waals surface area contributed by atoms with E-state index in [-0.39, 0.29) is 5.91 Å². The summed E-state index contributed by atoms with van der Waals surface area (Å²) in [5.41, 5.74) is 1.01. The average molecular weight is 365 g/mol. The summed E-state index contributed by atoms with van der Waals surface area (Å²) in [6, 6.07) is 9.22. The van der Waals surface area contributed by atoms with Gasteiger partial charge < -0.3 is 14.8 Å². The first-order valence-corrected chi connectivity index (χ1v) is 7.54. The monoisotopic (exact) mass is 364 g/mol. The Hall–Kier alpha value is -2.08. The lowest BCUT2D eigenvalue weighted by atomic mass is 10.1. The van der Waals surface area contributed by atoms with Crippen LogP contribution in [-0.4, -0.2) is 25.1 Å². The number of aryl methyl sites for hydroxylation is 1. The Morgan fingerprint density at radius 2 is 1.95 bits per heavy atom. The van der Waals surface area contributed by atoms with Crippen LogP contribution in [0.4, 0.5) is 5.82 Å². The van der Waals surface area contributed by atoms with Gasteiger partial charge in [-0.15, -0.1) is 0 Å². The van der Waals surface area contributed by atoms with Crippen LogP contribution >= 0.6 is 15.9 Å². The Morgan fingerprint density at radius 1 is 1.18 bits per heavy atom. The van der Waals surface area contributed by atoms with Crippen molar-refractivity contribution in [1.82, 2.24) is 4.98 Å². The fourth-order valence-corrected chi connectivity index (χ4v) is 2.18. The second kappa shape index (κ2) is 7.79. The van der Waals surface area contributed by atoms with Gasteiger partial charge in [0.15, 0.2) is 11.5 Å². The number of amides is 1. The van der Waals surface area contributed by atoms with Gasteiger partial charge in [0.25, 0.3) is 0 Å². The summed E-state index contributed by atoms with van der Waals surface area (Å²) < 4.78 is 11.3. The number of carbonyl (C=O) groups excluding carboxylic acids is 1. The molecule has 5 nitrogen and oxygen atoms in total. The Labute approximate surface area is 137 Å². The van der Waals surface area contributed by atoms with Crippen LogP contribution in [-0.2, 0) is 11.2 Å². The number of hydrogen-bond donors (Lipinski definition) is 1. The Bertz CT molecular complexity index is 644. The molecule has 116 valence electrons. The number of ether oxygens (including phenoxy) is 2. The summed E-state index contributed by atoms with van der Waals surface area (Å²) >= 11 is 3.30. The first-order valence-electron chi connectivity index (χ1n) is 6.74. The fourth-order valence-electron chi connectivity index (χ4n) is 1.95. The lowest BCUT2D eigenvalue weighted by Gasteiger charge is -2.09. The van der Waals surface area contributed by atoms with Crippen molar-refractivity contribution in [2.24, 2.45) is 0 Å². The van der Waals surface area contributed by atoms with E-state index < -0.39 is 0 Å². The SMILES string of the molecule is COc1ccc(CCC(=O)Nc2ccc(Br)cn2)cc1OC. The Kier molecular flexibility index (Phi) is 5.77. The molecule has 0 aliphatic rings. The maximum Gasteiger partial charge on any atom is 0.225 e. The molecule has 1 heterocycles. The third-order valence-electron chi connectivity index (χ3n) is 3.08. The predicted molar refractivity (Wildman–Crippen MR) is 88.4 cm³/mol. The molecule has 2 rings (SSSR count). The van der Waals surface area contributed by atoms with Gasteiger partial charge in [0.05, 0.1) is 14.2 Å². The minimum absolute atomic E-state index is 0.0791. The minimum atomic E-state index is -0.0791. The lowest BCUT2D eigenvalue weighted by Crippen LogP contribution is -2.13. The van der Waals surface area contributed by atoms with Gasteiger partial charge in [-0.2, -0.15) is 0 Å². The normalized spacial score (nSPS) is 10.1. The summed E-state index contributed by atoms with van der Waals surface area (Å²) in [5.74, 6) is 1.80. The lowest BCUT2D eigenvalue weighted by molar-refractivity contribution is -0.116. The van der Waals surface area contributed by atoms with Crippen LogP contribution in [0.15, 0.2) is 41.0 Å². The molecule has 22 heavy (non-hydrogen) atoms. The van der Waals surface area contributed by atoms with Crippen molar-refractivity contribution in [3.63, 3.8) is 0 Å². The molecular formula is C16H17BrN2O3. The van der Waals surface area contributed by atoms with Crippen LogP contribution in [0.25, 0.3) is 0 Å². The van der Waals surface area contributed by atoms with E-state index in [4.69, 9.17) is 9.47 Å². The number of carbonyl (C=O) groups is 1. The molecule has 0 atom stereocenters. The van der Waals surface area contributed by atoms with Gasteiger partial charge >= 0.3 is 0 Å². The fraction of sp³-hybridized carbons (Fsp3) is 0.250. The zero-order chi connectivity index (χ0) is 15.9. The van der Waals surface area contributed by atoms with Gasteiger partial charge in [0, 0.05) is 17.1 Å². The quantitative estimate of drug-likeness (QED) is 0.852. The van der Waals surface area contributed by atoms with E-state index in [0.29, 0.717) is 30.2 Å². The molecule has 0 aliphatic heterocycles. The molecule has 1 aromatic carbocycles. The van der Waals surface area contributed by atoms with Crippen LogP contribution in [0.3, 0.4) is 0 Å². The van der Waals surface area contributed by atoms with Gasteiger partial charge in [0.1, 0.15) is 5.82 Å². The molecule has 0 saturated carbocycles. The first kappa shape index (κ1) is 16.3. The van der Waals surface area contributed by atoms with Crippen molar-refractivity contribution < 1.29 is 14.3 Å². The molecule has 0 fully saturated rings. The maximum atomic E-state index is 11.9. The molecule has 0 bridgehead atoms. The van der Waals surface area contributed by atoms with E-state index in [2.05, 4.69) is 26.2 Å². The van der Waals surface area contributed by atoms with Gasteiger partial charge in [-0.25, -0.2) is 4.98 Å². The number of nitrogens with zero attached hydrogens (tertiary/aromatic N) is 1. The van der Waals surface area contributed by atoms with Crippen molar-refractivity contribution in [2.45, 2.75) is 12.8 Å². The van der Waals surface area contributed by atoms with Crippen LogP contribution in [0.2, 0.25) is 0 Å². The van der Waals surface area contributed by atoms with Gasteiger partial charge in [-0.1, -0.05) is 6.07 Å². The van der Waals surface area contributed by atoms with Crippen LogP contribution in [0, 0.1) is 0 Å². The molecule has 0 spiro atoms. The second-order valence-corrected chi connectivity index (χ2v) is 5.51. The van der Waals surface area contributed by atoms with Crippen LogP contribution < -0.4 is 14.8 Å². The molecule has 1 N–H and O–H groups in total. The van der Waals surface area contributed by atoms with E-state index in [0.717, 1.165) is 10.0 Å². The van der Waals surface area contributed by atoms with E-state index >= 15 is 0 Å². The third-order valence-corrected chi connectivity index (χ3v) is 3.55. The Balaban J connectivity index is 1.92. The summed E-state index contributed by atoms with van der Waals surface area (Å²) in [6.07, 6.45) is 2.62. The standard InChI is InChI=1S/C16H17BrN2O3/c1-21-13-6-3-11(9-14(13)22-2)4-8-16(20)19-15-7-5-12(17)10-18-15/h3,5-7,9-10H,4,8H2,1-2H3,(H,18,19,20). The number of halogens is 1. The first-order chi connectivity index (χ1) is 10.6. The molecule has 1 aromatic heterocycles. The van der Waals surface area contributed by atoms with Crippen molar-refractivity contribution >= 4 is 27.7 Å². The van der Waals surface area contributed by atoms with Gasteiger partial charge in [-0.05, 0) is 52.2 Å². The van der Waals surface area contributed by atoms with E-state index in [9.17, 15) is 4.79 Å². The molecular weight excluding hydrogens is 348 g/mol. The predicted octanol–water partition coefficient (Wildman–Crippen LogP) is 3.43. The van der Waals surface area contributed by atoms with E-state index in [1.807, 2.05) is 24.3 Å². The smallest absolute Gasteiger partial charge is 0.225 e. The summed E-state index contributed by atoms with van der Waals surface area (Å²) in [6.45, 7) is 0. The zero-order valence-electron chi connectivity index (χ0n) is 12.4. The zero-order valence-corrected chi connectivity index (χ0v) is 14.0. The minimum Gasteiger partial charge on any atom is -0.493 e. The average Bonchev–Trinajstić information content (AvgIpc) is 2.54. The number of nitrogens with one attached hydrogen (secondary N) is 1. The third kappa shape index (κ3) is 4.46. The van der Waals surface area contributed by atoms with E-state index in [1.165, 1.54) is 0 Å². The maximum absolute atomic E-state index is 11.9. The van der Waals surface area contributed by atoms with E-state index in [1.54, 1.807) is 26.5 Å². The summed E-state index contributed by atoms with van der Waals surface area (Å²) in [5, 5.41) is 2.76. The highest BCUT2D eigenvalue weighted by Crippen LogP contribution is 2.28. The Morgan fingerprint density at radius 3 is 2.59 bits per heavy atom. The number of hydrogen-bond acceptors (Lipinski definition) is 4. The molecule has 1 amide bonds. The van der Waals surface area contributed by atoms with Crippen LogP contribution in [0.1, 0.15) is 12.0 Å². The number of methoxy groups -OCH3 is 2. The van der Waals surface area contributed by atoms with Gasteiger partial charge in [-0.3, -0.25) is 4.79 Å². The topological polar surface area (TPSA) is 60.5 Å². The highest BCUT2D eigenvalue weighted by Gasteiger charge is 2.07. The number of pyridine rings is 1. The largest absolute Gasteiger partial charge is 0.493 e. The molecule has 0 unspecified atom stereocenters. The van der Waals surface area contributed by atoms with Crippen molar-refractivity contribution in [3.8, 4) is 11.5 Å². The number of anilines is 1. The second-order valence-electron chi connectivity index (χ2n) is 4.60.